The summed E-state index contributed by atoms with van der Waals surface area (Å²) in [5.74, 6) is 0.374. The Labute approximate surface area is 131 Å². The van der Waals surface area contributed by atoms with E-state index in [9.17, 15) is 10.2 Å². The second-order valence-corrected chi connectivity index (χ2v) is 6.89. The predicted molar refractivity (Wildman–Crippen MR) is 83.6 cm³/mol. The minimum Gasteiger partial charge on any atom is -0.506 e. The number of aromatic hydroxyl groups is 1. The Hall–Kier alpha value is -1.17. The smallest absolute Gasteiger partial charge is 0.138 e. The van der Waals surface area contributed by atoms with E-state index >= 15 is 0 Å². The van der Waals surface area contributed by atoms with Crippen LogP contribution in [0.25, 0.3) is 0 Å². The zero-order valence-corrected chi connectivity index (χ0v) is 13.5. The van der Waals surface area contributed by atoms with E-state index in [2.05, 4.69) is 9.88 Å². The number of aliphatic hydroxyl groups is 1. The zero-order chi connectivity index (χ0) is 15.7. The lowest BCUT2D eigenvalue weighted by molar-refractivity contribution is -0.123. The normalized spacial score (nSPS) is 33.2. The van der Waals surface area contributed by atoms with Crippen molar-refractivity contribution in [3.63, 3.8) is 0 Å². The number of ether oxygens (including phenoxy) is 1. The van der Waals surface area contributed by atoms with E-state index in [-0.39, 0.29) is 17.7 Å². The van der Waals surface area contributed by atoms with Gasteiger partial charge in [0.15, 0.2) is 0 Å². The lowest BCUT2D eigenvalue weighted by Crippen LogP contribution is -2.52. The highest BCUT2D eigenvalue weighted by Gasteiger charge is 2.44. The number of aryl methyl sites for hydroxylation is 1. The number of hydrogen-bond acceptors (Lipinski definition) is 5. The largest absolute Gasteiger partial charge is 0.506 e. The molecule has 0 spiro atoms. The van der Waals surface area contributed by atoms with E-state index in [0.29, 0.717) is 26.2 Å². The van der Waals surface area contributed by atoms with Crippen molar-refractivity contribution in [3.05, 3.63) is 23.5 Å². The number of nitrogens with zero attached hydrogens (tertiary/aromatic N) is 2. The van der Waals surface area contributed by atoms with Gasteiger partial charge in [-0.25, -0.2) is 0 Å². The first-order valence-electron chi connectivity index (χ1n) is 8.17. The molecule has 0 aliphatic carbocycles. The highest BCUT2D eigenvalue weighted by atomic mass is 16.5. The third-order valence-electron chi connectivity index (χ3n) is 5.17. The Morgan fingerprint density at radius 3 is 3.05 bits per heavy atom. The fourth-order valence-corrected chi connectivity index (χ4v) is 3.80. The van der Waals surface area contributed by atoms with Crippen molar-refractivity contribution in [1.29, 1.82) is 0 Å². The molecule has 0 aromatic carbocycles. The lowest BCUT2D eigenvalue weighted by Gasteiger charge is -2.43. The lowest BCUT2D eigenvalue weighted by atomic mass is 9.79. The maximum atomic E-state index is 10.7. The minimum atomic E-state index is -0.673. The van der Waals surface area contributed by atoms with Crippen LogP contribution < -0.4 is 0 Å². The third kappa shape index (κ3) is 3.12. The molecule has 2 aliphatic rings. The van der Waals surface area contributed by atoms with Crippen molar-refractivity contribution in [2.75, 3.05) is 19.8 Å². The van der Waals surface area contributed by atoms with Crippen LogP contribution in [0.4, 0.5) is 0 Å². The quantitative estimate of drug-likeness (QED) is 0.892. The van der Waals surface area contributed by atoms with Crippen molar-refractivity contribution in [2.24, 2.45) is 5.92 Å². The summed E-state index contributed by atoms with van der Waals surface area (Å²) in [6, 6.07) is 3.82. The minimum absolute atomic E-state index is 0.121. The summed E-state index contributed by atoms with van der Waals surface area (Å²) < 4.78 is 5.62. The molecule has 2 saturated heterocycles. The monoisotopic (exact) mass is 306 g/mol. The molecule has 3 atom stereocenters. The Bertz CT molecular complexity index is 533. The molecular formula is C17H26N2O3. The standard InChI is InChI=1S/C17H26N2O3/c1-12-5-6-16(20)14(18-12)10-19-8-3-4-15(19)13-11-22-9-7-17(13,2)21/h5-6,13,15,20-21H,3-4,7-11H2,1-2H3/t13-,15+,17+/m0/s1. The van der Waals surface area contributed by atoms with Crippen LogP contribution >= 0.6 is 0 Å². The molecule has 3 heterocycles. The molecule has 2 aliphatic heterocycles. The van der Waals surface area contributed by atoms with Gasteiger partial charge in [-0.3, -0.25) is 9.88 Å². The molecule has 5 nitrogen and oxygen atoms in total. The van der Waals surface area contributed by atoms with Gasteiger partial charge in [0.2, 0.25) is 0 Å². The van der Waals surface area contributed by atoms with Crippen LogP contribution in [0.2, 0.25) is 0 Å². The second-order valence-electron chi connectivity index (χ2n) is 6.89. The summed E-state index contributed by atoms with van der Waals surface area (Å²) in [4.78, 5) is 6.81. The molecule has 1 aromatic rings. The molecule has 0 saturated carbocycles. The van der Waals surface area contributed by atoms with E-state index in [1.165, 1.54) is 0 Å². The van der Waals surface area contributed by atoms with Gasteiger partial charge >= 0.3 is 0 Å². The molecule has 1 aromatic heterocycles. The van der Waals surface area contributed by atoms with Crippen molar-refractivity contribution >= 4 is 0 Å². The molecule has 0 amide bonds. The van der Waals surface area contributed by atoms with E-state index in [0.717, 1.165) is 30.8 Å². The Balaban J connectivity index is 1.77. The van der Waals surface area contributed by atoms with Crippen LogP contribution in [0, 0.1) is 12.8 Å². The highest BCUT2D eigenvalue weighted by molar-refractivity contribution is 5.27. The SMILES string of the molecule is Cc1ccc(O)c(CN2CCC[C@@H]2[C@@H]2COCC[C@@]2(C)O)n1. The van der Waals surface area contributed by atoms with E-state index in [1.54, 1.807) is 6.07 Å². The van der Waals surface area contributed by atoms with Crippen molar-refractivity contribution in [1.82, 2.24) is 9.88 Å². The molecule has 5 heteroatoms. The molecule has 2 N–H and O–H groups in total. The van der Waals surface area contributed by atoms with Gasteiger partial charge in [-0.1, -0.05) is 0 Å². The van der Waals surface area contributed by atoms with Gasteiger partial charge < -0.3 is 14.9 Å². The Morgan fingerprint density at radius 1 is 1.45 bits per heavy atom. The zero-order valence-electron chi connectivity index (χ0n) is 13.5. The van der Waals surface area contributed by atoms with E-state index < -0.39 is 5.60 Å². The van der Waals surface area contributed by atoms with E-state index in [1.807, 2.05) is 19.9 Å². The Morgan fingerprint density at radius 2 is 2.27 bits per heavy atom. The number of pyridine rings is 1. The maximum Gasteiger partial charge on any atom is 0.138 e. The summed E-state index contributed by atoms with van der Waals surface area (Å²) in [7, 11) is 0. The number of aromatic nitrogens is 1. The fourth-order valence-electron chi connectivity index (χ4n) is 3.80. The van der Waals surface area contributed by atoms with Crippen LogP contribution in [0.15, 0.2) is 12.1 Å². The van der Waals surface area contributed by atoms with Crippen molar-refractivity contribution < 1.29 is 14.9 Å². The average Bonchev–Trinajstić information content (AvgIpc) is 2.90. The van der Waals surface area contributed by atoms with Gasteiger partial charge in [0, 0.05) is 30.8 Å². The van der Waals surface area contributed by atoms with Crippen molar-refractivity contribution in [3.8, 4) is 5.75 Å². The first-order valence-corrected chi connectivity index (χ1v) is 8.17. The number of likely N-dealkylation sites (tertiary alicyclic amines) is 1. The Kier molecular flexibility index (Phi) is 4.39. The highest BCUT2D eigenvalue weighted by Crippen LogP contribution is 2.36. The van der Waals surface area contributed by atoms with Crippen LogP contribution in [0.5, 0.6) is 5.75 Å². The second kappa shape index (κ2) is 6.14. The molecule has 2 fully saturated rings. The molecule has 3 rings (SSSR count). The maximum absolute atomic E-state index is 10.7. The van der Waals surface area contributed by atoms with Gasteiger partial charge in [-0.2, -0.15) is 0 Å². The third-order valence-corrected chi connectivity index (χ3v) is 5.17. The van der Waals surface area contributed by atoms with Crippen LogP contribution in [-0.2, 0) is 11.3 Å². The van der Waals surface area contributed by atoms with Gasteiger partial charge in [-0.15, -0.1) is 0 Å². The van der Waals surface area contributed by atoms with Crippen molar-refractivity contribution in [2.45, 2.75) is 51.3 Å². The summed E-state index contributed by atoms with van der Waals surface area (Å²) in [6.07, 6.45) is 2.87. The number of hydrogen-bond donors (Lipinski definition) is 2. The summed E-state index contributed by atoms with van der Waals surface area (Å²) >= 11 is 0. The van der Waals surface area contributed by atoms with Crippen LogP contribution in [-0.4, -0.2) is 51.5 Å². The van der Waals surface area contributed by atoms with Gasteiger partial charge in [0.05, 0.1) is 17.9 Å². The predicted octanol–water partition coefficient (Wildman–Crippen LogP) is 1.85. The average molecular weight is 306 g/mol. The summed E-state index contributed by atoms with van der Waals surface area (Å²) in [5, 5.41) is 20.7. The first kappa shape index (κ1) is 15.7. The van der Waals surface area contributed by atoms with Gasteiger partial charge in [0.1, 0.15) is 5.75 Å². The van der Waals surface area contributed by atoms with Crippen LogP contribution in [0.1, 0.15) is 37.6 Å². The van der Waals surface area contributed by atoms with Crippen LogP contribution in [0.3, 0.4) is 0 Å². The fraction of sp³-hybridized carbons (Fsp3) is 0.706. The molecule has 122 valence electrons. The summed E-state index contributed by atoms with van der Waals surface area (Å²) in [6.45, 7) is 6.72. The topological polar surface area (TPSA) is 65.8 Å². The molecular weight excluding hydrogens is 280 g/mol. The summed E-state index contributed by atoms with van der Waals surface area (Å²) in [5.41, 5.74) is 0.966. The molecule has 22 heavy (non-hydrogen) atoms. The molecule has 0 bridgehead atoms. The molecule has 0 radical (unpaired) electrons. The first-order chi connectivity index (χ1) is 10.5. The van der Waals surface area contributed by atoms with Gasteiger partial charge in [-0.05, 0) is 51.8 Å². The number of rotatable bonds is 3. The van der Waals surface area contributed by atoms with E-state index in [4.69, 9.17) is 4.74 Å². The molecule has 0 unspecified atom stereocenters. The van der Waals surface area contributed by atoms with Gasteiger partial charge in [0.25, 0.3) is 0 Å².